The van der Waals surface area contributed by atoms with E-state index in [4.69, 9.17) is 4.74 Å². The molecule has 0 spiro atoms. The molecule has 0 saturated heterocycles. The lowest BCUT2D eigenvalue weighted by molar-refractivity contribution is -0.120. The zero-order valence-corrected chi connectivity index (χ0v) is 25.3. The Bertz CT molecular complexity index is 1280. The summed E-state index contributed by atoms with van der Waals surface area (Å²) in [6.45, 7) is 12.4. The van der Waals surface area contributed by atoms with Crippen molar-refractivity contribution in [1.82, 2.24) is 9.55 Å². The zero-order valence-electron chi connectivity index (χ0n) is 24.3. The molecule has 2 aliphatic carbocycles. The molecule has 2 aliphatic rings. The molecule has 1 heterocycles. The Hall–Kier alpha value is -2.82. The van der Waals surface area contributed by atoms with E-state index in [0.29, 0.717) is 31.1 Å². The van der Waals surface area contributed by atoms with Crippen LogP contribution in [0.2, 0.25) is 25.7 Å². The number of ether oxygens (including phenoxy) is 1. The normalized spacial score (nSPS) is 18.1. The van der Waals surface area contributed by atoms with E-state index in [1.165, 1.54) is 11.1 Å². The van der Waals surface area contributed by atoms with Crippen molar-refractivity contribution in [3.05, 3.63) is 58.7 Å². The van der Waals surface area contributed by atoms with Gasteiger partial charge in [-0.3, -0.25) is 9.59 Å². The second-order valence-electron chi connectivity index (χ2n) is 13.3. The summed E-state index contributed by atoms with van der Waals surface area (Å²) in [4.78, 5) is 29.8. The van der Waals surface area contributed by atoms with Gasteiger partial charge in [0.15, 0.2) is 11.5 Å². The van der Waals surface area contributed by atoms with Gasteiger partial charge in [-0.2, -0.15) is 5.26 Å². The molecule has 0 unspecified atom stereocenters. The topological polar surface area (TPSA) is 85.0 Å². The van der Waals surface area contributed by atoms with Crippen LogP contribution < -0.4 is 0 Å². The minimum atomic E-state index is -1.23. The van der Waals surface area contributed by atoms with Crippen molar-refractivity contribution in [3.8, 4) is 6.07 Å². The standard InChI is InChI=1S/C32H43N3O3Si/c1-32(2)14-12-24(13-15-32)29-18-25(23-8-10-28(36)11-9-23)6-7-26(29)19-30(37)31-34-27(20-33)21-35(31)22-38-16-17-39(3,4)5/h6-7,12,18,21,23H,8-11,13-17,19,22H2,1-5H3. The molecule has 1 fully saturated rings. The van der Waals surface area contributed by atoms with E-state index in [1.54, 1.807) is 10.8 Å². The summed E-state index contributed by atoms with van der Waals surface area (Å²) < 4.78 is 7.57. The van der Waals surface area contributed by atoms with Crippen molar-refractivity contribution >= 4 is 25.2 Å². The molecule has 6 nitrogen and oxygen atoms in total. The van der Waals surface area contributed by atoms with Crippen LogP contribution in [0.5, 0.6) is 0 Å². The molecule has 0 radical (unpaired) electrons. The molecule has 0 bridgehead atoms. The summed E-state index contributed by atoms with van der Waals surface area (Å²) in [5.74, 6) is 0.915. The van der Waals surface area contributed by atoms with Crippen LogP contribution in [0.15, 0.2) is 30.5 Å². The number of carbonyl (C=O) groups is 2. The molecule has 0 amide bonds. The van der Waals surface area contributed by atoms with Crippen LogP contribution in [0.1, 0.15) is 97.7 Å². The molecule has 1 saturated carbocycles. The number of nitrogens with zero attached hydrogens (tertiary/aromatic N) is 3. The fourth-order valence-corrected chi connectivity index (χ4v) is 6.24. The maximum atomic E-state index is 13.6. The van der Waals surface area contributed by atoms with Gasteiger partial charge < -0.3 is 9.30 Å². The predicted molar refractivity (Wildman–Crippen MR) is 157 cm³/mol. The maximum Gasteiger partial charge on any atom is 0.202 e. The van der Waals surface area contributed by atoms with Crippen LogP contribution in [0, 0.1) is 16.7 Å². The highest BCUT2D eigenvalue weighted by Crippen LogP contribution is 2.40. The molecular formula is C32H43N3O3Si. The largest absolute Gasteiger partial charge is 0.361 e. The third kappa shape index (κ3) is 7.86. The first-order valence-electron chi connectivity index (χ1n) is 14.4. The molecule has 1 aromatic heterocycles. The zero-order chi connectivity index (χ0) is 28.2. The molecule has 0 aliphatic heterocycles. The number of hydrogen-bond donors (Lipinski definition) is 0. The first-order chi connectivity index (χ1) is 18.4. The Morgan fingerprint density at radius 2 is 1.95 bits per heavy atom. The second kappa shape index (κ2) is 12.1. The van der Waals surface area contributed by atoms with E-state index in [-0.39, 0.29) is 35.9 Å². The van der Waals surface area contributed by atoms with Crippen molar-refractivity contribution < 1.29 is 14.3 Å². The number of carbonyl (C=O) groups excluding carboxylic acids is 2. The van der Waals surface area contributed by atoms with Crippen LogP contribution in [0.25, 0.3) is 5.57 Å². The van der Waals surface area contributed by atoms with Gasteiger partial charge >= 0.3 is 0 Å². The highest BCUT2D eigenvalue weighted by molar-refractivity contribution is 6.76. The molecule has 7 heteroatoms. The minimum absolute atomic E-state index is 0.112. The molecule has 2 aromatic rings. The average Bonchev–Trinajstić information content (AvgIpc) is 3.30. The molecule has 208 valence electrons. The number of rotatable bonds is 10. The first-order valence-corrected chi connectivity index (χ1v) is 18.1. The monoisotopic (exact) mass is 545 g/mol. The second-order valence-corrected chi connectivity index (χ2v) is 18.9. The van der Waals surface area contributed by atoms with E-state index in [1.807, 2.05) is 0 Å². The molecule has 39 heavy (non-hydrogen) atoms. The van der Waals surface area contributed by atoms with Crippen molar-refractivity contribution in [2.45, 2.75) is 104 Å². The van der Waals surface area contributed by atoms with Gasteiger partial charge in [0.1, 0.15) is 18.6 Å². The van der Waals surface area contributed by atoms with Crippen LogP contribution >= 0.6 is 0 Å². The highest BCUT2D eigenvalue weighted by atomic mass is 28.3. The molecule has 0 atom stereocenters. The SMILES string of the molecule is CC1(C)CC=C(c2cc(C3CCC(=O)CC3)ccc2CC(=O)c2nc(C#N)cn2COCC[Si](C)(C)C)CC1. The third-order valence-corrected chi connectivity index (χ3v) is 9.89. The van der Waals surface area contributed by atoms with Gasteiger partial charge in [-0.25, -0.2) is 4.98 Å². The quantitative estimate of drug-likeness (QED) is 0.177. The lowest BCUT2D eigenvalue weighted by atomic mass is 9.75. The Balaban J connectivity index is 1.59. The van der Waals surface area contributed by atoms with Gasteiger partial charge in [0.05, 0.1) is 0 Å². The van der Waals surface area contributed by atoms with Gasteiger partial charge in [0.25, 0.3) is 0 Å². The summed E-state index contributed by atoms with van der Waals surface area (Å²) in [7, 11) is -1.23. The molecular weight excluding hydrogens is 502 g/mol. The molecule has 4 rings (SSSR count). The van der Waals surface area contributed by atoms with Crippen molar-refractivity contribution in [2.75, 3.05) is 6.61 Å². The Morgan fingerprint density at radius 1 is 1.21 bits per heavy atom. The van der Waals surface area contributed by atoms with Crippen molar-refractivity contribution in [1.29, 1.82) is 5.26 Å². The van der Waals surface area contributed by atoms with E-state index < -0.39 is 8.07 Å². The number of allylic oxidation sites excluding steroid dienone is 2. The number of imidazole rings is 1. The third-order valence-electron chi connectivity index (χ3n) is 8.18. The van der Waals surface area contributed by atoms with Gasteiger partial charge in [-0.05, 0) is 71.7 Å². The summed E-state index contributed by atoms with van der Waals surface area (Å²) >= 11 is 0. The van der Waals surface area contributed by atoms with Gasteiger partial charge in [0, 0.05) is 40.1 Å². The lowest BCUT2D eigenvalue weighted by Crippen LogP contribution is -2.22. The maximum absolute atomic E-state index is 13.6. The van der Waals surface area contributed by atoms with Gasteiger partial charge in [-0.1, -0.05) is 57.8 Å². The number of Topliss-reactive ketones (excluding diaryl/α,β-unsaturated/α-hetero) is 2. The van der Waals surface area contributed by atoms with E-state index in [0.717, 1.165) is 49.3 Å². The van der Waals surface area contributed by atoms with Crippen LogP contribution in [-0.2, 0) is 22.7 Å². The molecule has 1 aromatic carbocycles. The summed E-state index contributed by atoms with van der Waals surface area (Å²) in [5, 5.41) is 9.45. The van der Waals surface area contributed by atoms with Crippen molar-refractivity contribution in [2.24, 2.45) is 5.41 Å². The first kappa shape index (κ1) is 29.2. The lowest BCUT2D eigenvalue weighted by Gasteiger charge is -2.30. The summed E-state index contributed by atoms with van der Waals surface area (Å²) in [6.07, 6.45) is 10.4. The highest BCUT2D eigenvalue weighted by Gasteiger charge is 2.26. The number of ketones is 2. The minimum Gasteiger partial charge on any atom is -0.361 e. The number of hydrogen-bond acceptors (Lipinski definition) is 5. The van der Waals surface area contributed by atoms with Crippen molar-refractivity contribution in [3.63, 3.8) is 0 Å². The van der Waals surface area contributed by atoms with E-state index >= 15 is 0 Å². The van der Waals surface area contributed by atoms with Crippen LogP contribution in [0.3, 0.4) is 0 Å². The van der Waals surface area contributed by atoms with Crippen LogP contribution in [0.4, 0.5) is 0 Å². The number of aromatic nitrogens is 2. The smallest absolute Gasteiger partial charge is 0.202 e. The molecule has 0 N–H and O–H groups in total. The van der Waals surface area contributed by atoms with E-state index in [2.05, 4.69) is 68.8 Å². The number of benzene rings is 1. The van der Waals surface area contributed by atoms with E-state index in [9.17, 15) is 14.9 Å². The summed E-state index contributed by atoms with van der Waals surface area (Å²) in [6, 6.07) is 9.63. The predicted octanol–water partition coefficient (Wildman–Crippen LogP) is 7.31. The Kier molecular flexibility index (Phi) is 9.08. The van der Waals surface area contributed by atoms with Crippen LogP contribution in [-0.4, -0.2) is 35.8 Å². The van der Waals surface area contributed by atoms with Gasteiger partial charge in [0.2, 0.25) is 5.78 Å². The Labute approximate surface area is 234 Å². The fourth-order valence-electron chi connectivity index (χ4n) is 5.48. The average molecular weight is 546 g/mol. The fraction of sp³-hybridized carbons (Fsp3) is 0.562. The van der Waals surface area contributed by atoms with Gasteiger partial charge in [-0.15, -0.1) is 0 Å². The Morgan fingerprint density at radius 3 is 2.59 bits per heavy atom. The summed E-state index contributed by atoms with van der Waals surface area (Å²) in [5.41, 5.74) is 5.24. The number of nitriles is 1.